The van der Waals surface area contributed by atoms with Gasteiger partial charge in [0, 0.05) is 6.07 Å². The number of ketones is 1. The Labute approximate surface area is 180 Å². The van der Waals surface area contributed by atoms with Crippen LogP contribution in [-0.4, -0.2) is 18.9 Å². The third-order valence-corrected chi connectivity index (χ3v) is 4.80. The second-order valence-electron chi connectivity index (χ2n) is 6.97. The molecule has 0 saturated carbocycles. The Balaban J connectivity index is 1.53. The van der Waals surface area contributed by atoms with Crippen molar-refractivity contribution in [1.29, 1.82) is 0 Å². The normalized spacial score (nSPS) is 13.9. The Bertz CT molecular complexity index is 1210. The van der Waals surface area contributed by atoms with Crippen molar-refractivity contribution in [3.8, 4) is 17.2 Å². The lowest BCUT2D eigenvalue weighted by atomic mass is 10.0. The van der Waals surface area contributed by atoms with Gasteiger partial charge >= 0.3 is 5.97 Å². The predicted octanol–water partition coefficient (Wildman–Crippen LogP) is 5.40. The number of fused-ring (bicyclic) bond motifs is 1. The summed E-state index contributed by atoms with van der Waals surface area (Å²) in [4.78, 5) is 25.2. The molecule has 0 bridgehead atoms. The fraction of sp³-hybridized carbons (Fsp3) is 0.0769. The molecule has 154 valence electrons. The molecule has 0 unspecified atom stereocenters. The maximum absolute atomic E-state index is 12.7. The summed E-state index contributed by atoms with van der Waals surface area (Å²) < 4.78 is 16.4. The number of allylic oxidation sites excluding steroid dienone is 3. The summed E-state index contributed by atoms with van der Waals surface area (Å²) in [5.74, 6) is 0.740. The highest BCUT2D eigenvalue weighted by molar-refractivity contribution is 6.13. The molecule has 0 atom stereocenters. The van der Waals surface area contributed by atoms with Gasteiger partial charge in [0.2, 0.25) is 5.78 Å². The van der Waals surface area contributed by atoms with Gasteiger partial charge in [-0.25, -0.2) is 4.79 Å². The van der Waals surface area contributed by atoms with Gasteiger partial charge < -0.3 is 14.2 Å². The van der Waals surface area contributed by atoms with Crippen LogP contribution in [0.3, 0.4) is 0 Å². The van der Waals surface area contributed by atoms with Crippen LogP contribution >= 0.6 is 0 Å². The summed E-state index contributed by atoms with van der Waals surface area (Å²) in [7, 11) is 1.53. The van der Waals surface area contributed by atoms with E-state index in [9.17, 15) is 9.59 Å². The fourth-order valence-corrected chi connectivity index (χ4v) is 3.28. The standard InChI is InChI=1S/C26H20O5/c1-17-14-21(30-26(28)19-11-7-12-20(15-19)29-2)16-23-24(17)25(27)22(31-23)13-6-10-18-8-4-3-5-9-18/h3-16H,1-2H3/b10-6+,22-13-. The summed E-state index contributed by atoms with van der Waals surface area (Å²) >= 11 is 0. The Morgan fingerprint density at radius 2 is 1.77 bits per heavy atom. The lowest BCUT2D eigenvalue weighted by Crippen LogP contribution is -2.09. The van der Waals surface area contributed by atoms with E-state index in [1.54, 1.807) is 55.5 Å². The summed E-state index contributed by atoms with van der Waals surface area (Å²) in [5.41, 5.74) is 2.53. The summed E-state index contributed by atoms with van der Waals surface area (Å²) in [6.45, 7) is 1.78. The summed E-state index contributed by atoms with van der Waals surface area (Å²) in [6.07, 6.45) is 5.30. The third kappa shape index (κ3) is 4.41. The number of rotatable bonds is 5. The minimum absolute atomic E-state index is 0.198. The molecule has 0 amide bonds. The highest BCUT2D eigenvalue weighted by Gasteiger charge is 2.30. The predicted molar refractivity (Wildman–Crippen MR) is 118 cm³/mol. The smallest absolute Gasteiger partial charge is 0.343 e. The lowest BCUT2D eigenvalue weighted by molar-refractivity contribution is 0.0734. The molecule has 0 N–H and O–H groups in total. The lowest BCUT2D eigenvalue weighted by Gasteiger charge is -2.08. The van der Waals surface area contributed by atoms with E-state index in [0.717, 1.165) is 5.56 Å². The number of aryl methyl sites for hydroxylation is 1. The van der Waals surface area contributed by atoms with Crippen LogP contribution in [0.5, 0.6) is 17.2 Å². The van der Waals surface area contributed by atoms with Crippen molar-refractivity contribution in [3.63, 3.8) is 0 Å². The van der Waals surface area contributed by atoms with Crippen molar-refractivity contribution >= 4 is 17.8 Å². The third-order valence-electron chi connectivity index (χ3n) is 4.80. The van der Waals surface area contributed by atoms with E-state index in [-0.39, 0.29) is 11.5 Å². The summed E-state index contributed by atoms with van der Waals surface area (Å²) in [5, 5.41) is 0. The van der Waals surface area contributed by atoms with Crippen molar-refractivity contribution in [2.75, 3.05) is 7.11 Å². The van der Waals surface area contributed by atoms with Gasteiger partial charge in [-0.05, 0) is 48.4 Å². The molecule has 5 heteroatoms. The van der Waals surface area contributed by atoms with Crippen molar-refractivity contribution in [2.45, 2.75) is 6.92 Å². The van der Waals surface area contributed by atoms with Gasteiger partial charge in [-0.2, -0.15) is 0 Å². The molecule has 1 aliphatic rings. The molecule has 5 nitrogen and oxygen atoms in total. The molecule has 0 fully saturated rings. The topological polar surface area (TPSA) is 61.8 Å². The van der Waals surface area contributed by atoms with Crippen molar-refractivity contribution in [1.82, 2.24) is 0 Å². The van der Waals surface area contributed by atoms with E-state index in [4.69, 9.17) is 14.2 Å². The zero-order chi connectivity index (χ0) is 21.8. The largest absolute Gasteiger partial charge is 0.497 e. The van der Waals surface area contributed by atoms with E-state index in [1.807, 2.05) is 36.4 Å². The van der Waals surface area contributed by atoms with Crippen LogP contribution in [0.1, 0.15) is 31.8 Å². The maximum Gasteiger partial charge on any atom is 0.343 e. The number of Topliss-reactive ketones (excluding diaryl/α,β-unsaturated/α-hetero) is 1. The molecule has 0 spiro atoms. The number of carbonyl (C=O) groups excluding carboxylic acids is 2. The van der Waals surface area contributed by atoms with Gasteiger partial charge in [-0.15, -0.1) is 0 Å². The molecule has 0 radical (unpaired) electrons. The van der Waals surface area contributed by atoms with E-state index in [0.29, 0.717) is 33.9 Å². The number of esters is 1. The first kappa shape index (κ1) is 20.2. The molecule has 3 aromatic rings. The Morgan fingerprint density at radius 1 is 0.968 bits per heavy atom. The number of hydrogen-bond donors (Lipinski definition) is 0. The number of carbonyl (C=O) groups is 2. The maximum atomic E-state index is 12.7. The molecule has 0 saturated heterocycles. The molecular weight excluding hydrogens is 392 g/mol. The van der Waals surface area contributed by atoms with Crippen LogP contribution in [0.4, 0.5) is 0 Å². The van der Waals surface area contributed by atoms with Gasteiger partial charge in [-0.3, -0.25) is 4.79 Å². The zero-order valence-electron chi connectivity index (χ0n) is 17.1. The first-order chi connectivity index (χ1) is 15.0. The van der Waals surface area contributed by atoms with Crippen molar-refractivity contribution in [2.24, 2.45) is 0 Å². The van der Waals surface area contributed by atoms with Gasteiger partial charge in [0.05, 0.1) is 18.2 Å². The monoisotopic (exact) mass is 412 g/mol. The summed E-state index contributed by atoms with van der Waals surface area (Å²) in [6, 6.07) is 19.7. The van der Waals surface area contributed by atoms with Gasteiger partial charge in [-0.1, -0.05) is 48.6 Å². The minimum atomic E-state index is -0.524. The number of hydrogen-bond acceptors (Lipinski definition) is 5. The zero-order valence-corrected chi connectivity index (χ0v) is 17.1. The van der Waals surface area contributed by atoms with Crippen LogP contribution in [-0.2, 0) is 0 Å². The Morgan fingerprint density at radius 3 is 2.55 bits per heavy atom. The van der Waals surface area contributed by atoms with Gasteiger partial charge in [0.15, 0.2) is 5.76 Å². The fourth-order valence-electron chi connectivity index (χ4n) is 3.28. The van der Waals surface area contributed by atoms with Crippen molar-refractivity contribution < 1.29 is 23.8 Å². The molecular formula is C26H20O5. The minimum Gasteiger partial charge on any atom is -0.497 e. The quantitative estimate of drug-likeness (QED) is 0.319. The highest BCUT2D eigenvalue weighted by atomic mass is 16.5. The van der Waals surface area contributed by atoms with Crippen LogP contribution in [0.15, 0.2) is 84.6 Å². The van der Waals surface area contributed by atoms with Crippen LogP contribution in [0, 0.1) is 6.92 Å². The van der Waals surface area contributed by atoms with E-state index in [1.165, 1.54) is 7.11 Å². The Kier molecular flexibility index (Phi) is 5.67. The van der Waals surface area contributed by atoms with E-state index in [2.05, 4.69) is 0 Å². The number of methoxy groups -OCH3 is 1. The molecule has 1 aliphatic heterocycles. The van der Waals surface area contributed by atoms with E-state index >= 15 is 0 Å². The molecule has 0 aromatic heterocycles. The van der Waals surface area contributed by atoms with Crippen LogP contribution in [0.2, 0.25) is 0 Å². The Hall–Kier alpha value is -4.12. The van der Waals surface area contributed by atoms with Crippen LogP contribution in [0.25, 0.3) is 6.08 Å². The van der Waals surface area contributed by atoms with Gasteiger partial charge in [0.25, 0.3) is 0 Å². The molecule has 31 heavy (non-hydrogen) atoms. The van der Waals surface area contributed by atoms with E-state index < -0.39 is 5.97 Å². The number of benzene rings is 3. The second-order valence-corrected chi connectivity index (χ2v) is 6.97. The van der Waals surface area contributed by atoms with Crippen LogP contribution < -0.4 is 14.2 Å². The second kappa shape index (κ2) is 8.71. The SMILES string of the molecule is COc1cccc(C(=O)Oc2cc(C)c3c(c2)O/C(=C\C=C\c2ccccc2)C3=O)c1. The number of ether oxygens (including phenoxy) is 3. The highest BCUT2D eigenvalue weighted by Crippen LogP contribution is 2.37. The first-order valence-electron chi connectivity index (χ1n) is 9.72. The average molecular weight is 412 g/mol. The first-order valence-corrected chi connectivity index (χ1v) is 9.72. The average Bonchev–Trinajstić information content (AvgIpc) is 3.10. The molecule has 0 aliphatic carbocycles. The van der Waals surface area contributed by atoms with Crippen molar-refractivity contribution in [3.05, 3.63) is 107 Å². The van der Waals surface area contributed by atoms with Gasteiger partial charge in [0.1, 0.15) is 17.2 Å². The molecule has 3 aromatic carbocycles. The molecule has 1 heterocycles. The molecule has 4 rings (SSSR count).